The summed E-state index contributed by atoms with van der Waals surface area (Å²) in [5, 5.41) is 0. The van der Waals surface area contributed by atoms with Crippen LogP contribution in [0.2, 0.25) is 0 Å². The first-order chi connectivity index (χ1) is 15.7. The van der Waals surface area contributed by atoms with E-state index in [0.717, 1.165) is 26.7 Å². The van der Waals surface area contributed by atoms with Crippen molar-refractivity contribution in [3.8, 4) is 0 Å². The lowest BCUT2D eigenvalue weighted by molar-refractivity contribution is 0.352. The molecule has 1 unspecified atom stereocenters. The van der Waals surface area contributed by atoms with Gasteiger partial charge in [-0.25, -0.2) is 8.42 Å². The monoisotopic (exact) mass is 521 g/mol. The summed E-state index contributed by atoms with van der Waals surface area (Å²) in [6.45, 7) is 7.07. The van der Waals surface area contributed by atoms with Crippen molar-refractivity contribution in [2.75, 3.05) is 13.1 Å². The Morgan fingerprint density at radius 3 is 2.27 bits per heavy atom. The summed E-state index contributed by atoms with van der Waals surface area (Å²) in [5.74, 6) is -0.0172. The molecule has 3 aromatic carbocycles. The minimum Gasteiger partial charge on any atom is -0.207 e. The van der Waals surface area contributed by atoms with Crippen LogP contribution in [0.25, 0.3) is 6.08 Å². The summed E-state index contributed by atoms with van der Waals surface area (Å²) in [6, 6.07) is 25.3. The zero-order chi connectivity index (χ0) is 23.6. The number of rotatable bonds is 5. The molecule has 0 amide bonds. The van der Waals surface area contributed by atoms with E-state index >= 15 is 0 Å². The lowest BCUT2D eigenvalue weighted by Crippen LogP contribution is -2.34. The van der Waals surface area contributed by atoms with Crippen molar-refractivity contribution in [3.05, 3.63) is 111 Å². The van der Waals surface area contributed by atoms with Crippen molar-refractivity contribution in [1.29, 1.82) is 0 Å². The molecule has 1 fully saturated rings. The zero-order valence-electron chi connectivity index (χ0n) is 19.1. The molecule has 0 spiro atoms. The van der Waals surface area contributed by atoms with Crippen LogP contribution in [-0.4, -0.2) is 25.8 Å². The smallest absolute Gasteiger partial charge is 0.207 e. The van der Waals surface area contributed by atoms with Crippen LogP contribution in [0.15, 0.2) is 99.5 Å². The van der Waals surface area contributed by atoms with E-state index in [9.17, 15) is 8.42 Å². The topological polar surface area (TPSA) is 37.4 Å². The van der Waals surface area contributed by atoms with Gasteiger partial charge >= 0.3 is 0 Å². The van der Waals surface area contributed by atoms with Crippen LogP contribution < -0.4 is 0 Å². The van der Waals surface area contributed by atoms with Gasteiger partial charge in [0.05, 0.1) is 4.90 Å². The normalized spacial score (nSPS) is 17.1. The van der Waals surface area contributed by atoms with E-state index in [1.165, 1.54) is 0 Å². The Morgan fingerprint density at radius 2 is 1.61 bits per heavy atom. The molecule has 33 heavy (non-hydrogen) atoms. The second-order valence-corrected chi connectivity index (χ2v) is 11.9. The van der Waals surface area contributed by atoms with E-state index in [2.05, 4.69) is 41.6 Å². The maximum absolute atomic E-state index is 13.5. The number of hydrogen-bond donors (Lipinski definition) is 0. The maximum Gasteiger partial charge on any atom is 0.243 e. The Balaban J connectivity index is 1.78. The number of aryl methyl sites for hydroxylation is 1. The average Bonchev–Trinajstić information content (AvgIpc) is 3.25. The standard InChI is InChI=1S/C28H28BrNO2S/c1-21-13-17-24(18-14-21)33(31,32)30-19-23(16-15-22-9-5-4-6-10-22)26(20-30)28(2,3)25-11-7-8-12-27(25)29/h4-15,17-18,26H,19-20H2,1-3H3. The summed E-state index contributed by atoms with van der Waals surface area (Å²) in [4.78, 5) is 0.332. The second-order valence-electron chi connectivity index (χ2n) is 9.09. The van der Waals surface area contributed by atoms with Gasteiger partial charge in [-0.15, -0.1) is 5.73 Å². The van der Waals surface area contributed by atoms with Gasteiger partial charge in [-0.2, -0.15) is 4.31 Å². The molecule has 1 aliphatic heterocycles. The highest BCUT2D eigenvalue weighted by Gasteiger charge is 2.44. The maximum atomic E-state index is 13.5. The molecular formula is C28H28BrNO2S. The van der Waals surface area contributed by atoms with Crippen LogP contribution in [0.4, 0.5) is 0 Å². The zero-order valence-corrected chi connectivity index (χ0v) is 21.5. The lowest BCUT2D eigenvalue weighted by Gasteiger charge is -2.33. The van der Waals surface area contributed by atoms with Crippen molar-refractivity contribution in [2.24, 2.45) is 5.92 Å². The van der Waals surface area contributed by atoms with Crippen molar-refractivity contribution < 1.29 is 8.42 Å². The van der Waals surface area contributed by atoms with Gasteiger partial charge in [0.1, 0.15) is 0 Å². The van der Waals surface area contributed by atoms with E-state index < -0.39 is 10.0 Å². The Kier molecular flexibility index (Phi) is 6.78. The molecular weight excluding hydrogens is 494 g/mol. The minimum absolute atomic E-state index is 0.0172. The fraction of sp³-hybridized carbons (Fsp3) is 0.250. The SMILES string of the molecule is Cc1ccc(S(=O)(=O)N2CC(=C=Cc3ccccc3)C(C(C)(C)c3ccccc3Br)C2)cc1. The van der Waals surface area contributed by atoms with Gasteiger partial charge in [-0.1, -0.05) is 96.0 Å². The quantitative estimate of drug-likeness (QED) is 0.355. The van der Waals surface area contributed by atoms with Crippen molar-refractivity contribution >= 4 is 32.0 Å². The third kappa shape index (κ3) is 4.92. The molecule has 1 heterocycles. The minimum atomic E-state index is -3.61. The van der Waals surface area contributed by atoms with Gasteiger partial charge in [0.2, 0.25) is 10.0 Å². The molecule has 0 aromatic heterocycles. The van der Waals surface area contributed by atoms with Crippen molar-refractivity contribution in [2.45, 2.75) is 31.1 Å². The summed E-state index contributed by atoms with van der Waals surface area (Å²) in [7, 11) is -3.61. The number of sulfonamides is 1. The average molecular weight is 523 g/mol. The van der Waals surface area contributed by atoms with E-state index in [-0.39, 0.29) is 11.3 Å². The van der Waals surface area contributed by atoms with E-state index in [1.54, 1.807) is 16.4 Å². The van der Waals surface area contributed by atoms with Crippen molar-refractivity contribution in [1.82, 2.24) is 4.31 Å². The predicted octanol–water partition coefficient (Wildman–Crippen LogP) is 6.59. The molecule has 0 aliphatic carbocycles. The van der Waals surface area contributed by atoms with Crippen LogP contribution in [-0.2, 0) is 15.4 Å². The largest absolute Gasteiger partial charge is 0.243 e. The van der Waals surface area contributed by atoms with Gasteiger partial charge in [0, 0.05) is 23.5 Å². The van der Waals surface area contributed by atoms with Gasteiger partial charge in [-0.05, 0) is 53.3 Å². The van der Waals surface area contributed by atoms with Crippen LogP contribution in [0.5, 0.6) is 0 Å². The summed E-state index contributed by atoms with van der Waals surface area (Å²) in [5.41, 5.74) is 7.41. The fourth-order valence-electron chi connectivity index (χ4n) is 4.43. The number of hydrogen-bond acceptors (Lipinski definition) is 2. The van der Waals surface area contributed by atoms with Crippen LogP contribution in [0.1, 0.15) is 30.5 Å². The third-order valence-corrected chi connectivity index (χ3v) is 8.99. The Bertz CT molecular complexity index is 1310. The fourth-order valence-corrected chi connectivity index (χ4v) is 6.66. The van der Waals surface area contributed by atoms with E-state index in [0.29, 0.717) is 18.0 Å². The molecule has 1 saturated heterocycles. The highest BCUT2D eigenvalue weighted by atomic mass is 79.9. The second kappa shape index (κ2) is 9.44. The molecule has 0 bridgehead atoms. The van der Waals surface area contributed by atoms with E-state index in [1.807, 2.05) is 73.7 Å². The molecule has 0 saturated carbocycles. The highest BCUT2D eigenvalue weighted by molar-refractivity contribution is 9.10. The summed E-state index contributed by atoms with van der Waals surface area (Å²) < 4.78 is 29.6. The molecule has 0 radical (unpaired) electrons. The van der Waals surface area contributed by atoms with Gasteiger partial charge in [-0.3, -0.25) is 0 Å². The summed E-state index contributed by atoms with van der Waals surface area (Å²) >= 11 is 3.70. The molecule has 5 heteroatoms. The Morgan fingerprint density at radius 1 is 0.970 bits per heavy atom. The number of halogens is 1. The molecule has 170 valence electrons. The van der Waals surface area contributed by atoms with Crippen molar-refractivity contribution in [3.63, 3.8) is 0 Å². The van der Waals surface area contributed by atoms with Crippen LogP contribution >= 0.6 is 15.9 Å². The van der Waals surface area contributed by atoms with Gasteiger partial charge in [0.15, 0.2) is 0 Å². The first-order valence-corrected chi connectivity index (χ1v) is 13.3. The number of nitrogens with zero attached hydrogens (tertiary/aromatic N) is 1. The summed E-state index contributed by atoms with van der Waals surface area (Å²) in [6.07, 6.45) is 1.96. The van der Waals surface area contributed by atoms with Gasteiger partial charge in [0.25, 0.3) is 0 Å². The Hall–Kier alpha value is -2.43. The van der Waals surface area contributed by atoms with E-state index in [4.69, 9.17) is 0 Å². The highest BCUT2D eigenvalue weighted by Crippen LogP contribution is 2.43. The third-order valence-electron chi connectivity index (χ3n) is 6.48. The molecule has 3 aromatic rings. The van der Waals surface area contributed by atoms with Gasteiger partial charge < -0.3 is 0 Å². The molecule has 3 nitrogen and oxygen atoms in total. The first kappa shape index (κ1) is 23.7. The molecule has 1 atom stereocenters. The number of benzene rings is 3. The molecule has 4 rings (SSSR count). The Labute approximate surface area is 205 Å². The molecule has 0 N–H and O–H groups in total. The predicted molar refractivity (Wildman–Crippen MR) is 139 cm³/mol. The lowest BCUT2D eigenvalue weighted by atomic mass is 9.71. The first-order valence-electron chi connectivity index (χ1n) is 11.0. The molecule has 1 aliphatic rings. The van der Waals surface area contributed by atoms with Crippen LogP contribution in [0.3, 0.4) is 0 Å². The van der Waals surface area contributed by atoms with Crippen LogP contribution in [0, 0.1) is 12.8 Å².